The molecule has 0 saturated heterocycles. The fourth-order valence-electron chi connectivity index (χ4n) is 1.29. The summed E-state index contributed by atoms with van der Waals surface area (Å²) in [4.78, 5) is 14.3. The SMILES string of the molecule is CCNc1nc(NCCOCC(F)F)nc(N(C)C)n1. The zero-order valence-electron chi connectivity index (χ0n) is 11.9. The molecule has 9 heteroatoms. The summed E-state index contributed by atoms with van der Waals surface area (Å²) in [6.45, 7) is 2.56. The van der Waals surface area contributed by atoms with Crippen molar-refractivity contribution in [3.05, 3.63) is 0 Å². The van der Waals surface area contributed by atoms with Crippen LogP contribution in [0.25, 0.3) is 0 Å². The molecule has 0 spiro atoms. The maximum absolute atomic E-state index is 11.9. The minimum atomic E-state index is -2.45. The highest BCUT2D eigenvalue weighted by atomic mass is 19.3. The minimum absolute atomic E-state index is 0.157. The Morgan fingerprint density at radius 3 is 2.35 bits per heavy atom. The number of hydrogen-bond donors (Lipinski definition) is 2. The van der Waals surface area contributed by atoms with Crippen LogP contribution in [0.15, 0.2) is 0 Å². The molecule has 1 aromatic heterocycles. The highest BCUT2D eigenvalue weighted by molar-refractivity contribution is 5.42. The molecule has 7 nitrogen and oxygen atoms in total. The van der Waals surface area contributed by atoms with Crippen molar-refractivity contribution in [2.45, 2.75) is 13.3 Å². The lowest BCUT2D eigenvalue weighted by molar-refractivity contribution is 0.0214. The second kappa shape index (κ2) is 8.41. The molecule has 0 aliphatic rings. The number of alkyl halides is 2. The van der Waals surface area contributed by atoms with E-state index in [0.29, 0.717) is 30.9 Å². The quantitative estimate of drug-likeness (QED) is 0.659. The summed E-state index contributed by atoms with van der Waals surface area (Å²) in [5, 5.41) is 5.91. The van der Waals surface area contributed by atoms with Gasteiger partial charge < -0.3 is 20.3 Å². The summed E-state index contributed by atoms with van der Waals surface area (Å²) >= 11 is 0. The Balaban J connectivity index is 2.55. The molecule has 1 aromatic rings. The Morgan fingerprint density at radius 1 is 1.15 bits per heavy atom. The predicted octanol–water partition coefficient (Wildman–Crippen LogP) is 1.06. The van der Waals surface area contributed by atoms with Gasteiger partial charge in [0.1, 0.15) is 6.61 Å². The molecule has 2 N–H and O–H groups in total. The van der Waals surface area contributed by atoms with E-state index in [0.717, 1.165) is 0 Å². The average molecular weight is 290 g/mol. The normalized spacial score (nSPS) is 10.7. The Kier molecular flexibility index (Phi) is 6.85. The van der Waals surface area contributed by atoms with E-state index in [9.17, 15) is 8.78 Å². The number of ether oxygens (including phenoxy) is 1. The zero-order valence-corrected chi connectivity index (χ0v) is 11.9. The lowest BCUT2D eigenvalue weighted by Crippen LogP contribution is -2.19. The van der Waals surface area contributed by atoms with Gasteiger partial charge in [0.15, 0.2) is 0 Å². The van der Waals surface area contributed by atoms with E-state index in [1.807, 2.05) is 21.0 Å². The van der Waals surface area contributed by atoms with Crippen molar-refractivity contribution >= 4 is 17.8 Å². The molecular weight excluding hydrogens is 270 g/mol. The second-order valence-electron chi connectivity index (χ2n) is 4.10. The Labute approximate surface area is 116 Å². The molecule has 0 aliphatic carbocycles. The number of hydrogen-bond acceptors (Lipinski definition) is 7. The second-order valence-corrected chi connectivity index (χ2v) is 4.10. The maximum atomic E-state index is 11.9. The summed E-state index contributed by atoms with van der Waals surface area (Å²) in [6, 6.07) is 0. The van der Waals surface area contributed by atoms with Gasteiger partial charge in [-0.25, -0.2) is 8.78 Å². The van der Waals surface area contributed by atoms with Crippen molar-refractivity contribution in [3.8, 4) is 0 Å². The third-order valence-electron chi connectivity index (χ3n) is 2.13. The van der Waals surface area contributed by atoms with Gasteiger partial charge in [-0.15, -0.1) is 0 Å². The Hall–Kier alpha value is -1.77. The van der Waals surface area contributed by atoms with E-state index >= 15 is 0 Å². The Bertz CT molecular complexity index is 404. The first-order chi connectivity index (χ1) is 9.52. The van der Waals surface area contributed by atoms with Gasteiger partial charge in [-0.2, -0.15) is 15.0 Å². The van der Waals surface area contributed by atoms with Crippen LogP contribution in [0.2, 0.25) is 0 Å². The molecule has 114 valence electrons. The highest BCUT2D eigenvalue weighted by Crippen LogP contribution is 2.10. The van der Waals surface area contributed by atoms with Crippen LogP contribution < -0.4 is 15.5 Å². The van der Waals surface area contributed by atoms with Crippen LogP contribution in [-0.2, 0) is 4.74 Å². The molecule has 20 heavy (non-hydrogen) atoms. The molecule has 0 atom stereocenters. The van der Waals surface area contributed by atoms with Crippen LogP contribution in [0.5, 0.6) is 0 Å². The van der Waals surface area contributed by atoms with Crippen molar-refractivity contribution in [2.75, 3.05) is 55.9 Å². The third kappa shape index (κ3) is 5.91. The van der Waals surface area contributed by atoms with Crippen LogP contribution in [0.1, 0.15) is 6.92 Å². The van der Waals surface area contributed by atoms with Gasteiger partial charge in [-0.1, -0.05) is 0 Å². The first-order valence-corrected chi connectivity index (χ1v) is 6.30. The lowest BCUT2D eigenvalue weighted by atomic mass is 10.6. The topological polar surface area (TPSA) is 75.2 Å². The van der Waals surface area contributed by atoms with E-state index < -0.39 is 13.0 Å². The fraction of sp³-hybridized carbons (Fsp3) is 0.727. The summed E-state index contributed by atoms with van der Waals surface area (Å²) in [6.07, 6.45) is -2.45. The average Bonchev–Trinajstić information content (AvgIpc) is 2.38. The van der Waals surface area contributed by atoms with E-state index in [4.69, 9.17) is 4.74 Å². The van der Waals surface area contributed by atoms with E-state index in [1.165, 1.54) is 0 Å². The molecule has 0 saturated carbocycles. The number of rotatable bonds is 9. The molecule has 0 bridgehead atoms. The third-order valence-corrected chi connectivity index (χ3v) is 2.13. The van der Waals surface area contributed by atoms with Crippen molar-refractivity contribution in [1.82, 2.24) is 15.0 Å². The molecule has 0 fully saturated rings. The molecule has 0 amide bonds. The van der Waals surface area contributed by atoms with Crippen molar-refractivity contribution in [2.24, 2.45) is 0 Å². The van der Waals surface area contributed by atoms with E-state index in [-0.39, 0.29) is 6.61 Å². The molecule has 1 rings (SSSR count). The van der Waals surface area contributed by atoms with Gasteiger partial charge in [0, 0.05) is 27.2 Å². The molecule has 1 heterocycles. The summed E-state index contributed by atoms with van der Waals surface area (Å²) in [5.74, 6) is 1.34. The van der Waals surface area contributed by atoms with Crippen LogP contribution in [-0.4, -0.2) is 61.8 Å². The van der Waals surface area contributed by atoms with Crippen molar-refractivity contribution < 1.29 is 13.5 Å². The highest BCUT2D eigenvalue weighted by Gasteiger charge is 2.07. The molecule has 0 radical (unpaired) electrons. The molecular formula is C11H20F2N6O. The van der Waals surface area contributed by atoms with Gasteiger partial charge in [0.2, 0.25) is 17.8 Å². The fourth-order valence-corrected chi connectivity index (χ4v) is 1.29. The molecule has 0 aromatic carbocycles. The molecule has 0 aliphatic heterocycles. The van der Waals surface area contributed by atoms with Crippen LogP contribution in [0, 0.1) is 0 Å². The predicted molar refractivity (Wildman–Crippen MR) is 73.6 cm³/mol. The van der Waals surface area contributed by atoms with Crippen LogP contribution >= 0.6 is 0 Å². The van der Waals surface area contributed by atoms with Crippen LogP contribution in [0.4, 0.5) is 26.6 Å². The number of anilines is 3. The molecule has 0 unspecified atom stereocenters. The number of aromatic nitrogens is 3. The van der Waals surface area contributed by atoms with Gasteiger partial charge >= 0.3 is 0 Å². The summed E-state index contributed by atoms with van der Waals surface area (Å²) in [7, 11) is 3.64. The standard InChI is InChI=1S/C11H20F2N6O/c1-4-14-9-16-10(18-11(17-9)19(2)3)15-5-6-20-7-8(12)13/h8H,4-7H2,1-3H3,(H2,14,15,16,17,18). The van der Waals surface area contributed by atoms with Gasteiger partial charge in [-0.3, -0.25) is 0 Å². The summed E-state index contributed by atoms with van der Waals surface area (Å²) in [5.41, 5.74) is 0. The van der Waals surface area contributed by atoms with Crippen LogP contribution in [0.3, 0.4) is 0 Å². The van der Waals surface area contributed by atoms with Crippen molar-refractivity contribution in [1.29, 1.82) is 0 Å². The van der Waals surface area contributed by atoms with E-state index in [1.54, 1.807) is 4.90 Å². The van der Waals surface area contributed by atoms with Crippen molar-refractivity contribution in [3.63, 3.8) is 0 Å². The lowest BCUT2D eigenvalue weighted by Gasteiger charge is -2.13. The zero-order chi connectivity index (χ0) is 15.0. The Morgan fingerprint density at radius 2 is 1.80 bits per heavy atom. The number of nitrogens with one attached hydrogen (secondary N) is 2. The van der Waals surface area contributed by atoms with Gasteiger partial charge in [-0.05, 0) is 6.92 Å². The first-order valence-electron chi connectivity index (χ1n) is 6.30. The summed E-state index contributed by atoms with van der Waals surface area (Å²) < 4.78 is 28.5. The minimum Gasteiger partial charge on any atom is -0.374 e. The smallest absolute Gasteiger partial charge is 0.261 e. The monoisotopic (exact) mass is 290 g/mol. The maximum Gasteiger partial charge on any atom is 0.261 e. The van der Waals surface area contributed by atoms with Gasteiger partial charge in [0.25, 0.3) is 6.43 Å². The first kappa shape index (κ1) is 16.3. The van der Waals surface area contributed by atoms with E-state index in [2.05, 4.69) is 25.6 Å². The van der Waals surface area contributed by atoms with Gasteiger partial charge in [0.05, 0.1) is 6.61 Å². The number of nitrogens with zero attached hydrogens (tertiary/aromatic N) is 4. The number of halogens is 2. The largest absolute Gasteiger partial charge is 0.374 e.